The van der Waals surface area contributed by atoms with Crippen LogP contribution >= 0.6 is 19.4 Å². The number of carbonyl (C=O) groups is 1. The van der Waals surface area contributed by atoms with Crippen LogP contribution in [0.5, 0.6) is 5.75 Å². The summed E-state index contributed by atoms with van der Waals surface area (Å²) in [4.78, 5) is 11.5. The molecule has 0 radical (unpaired) electrons. The zero-order chi connectivity index (χ0) is 21.9. The lowest BCUT2D eigenvalue weighted by molar-refractivity contribution is -0.140. The van der Waals surface area contributed by atoms with E-state index in [1.54, 1.807) is 24.3 Å². The molecule has 0 heterocycles. The fraction of sp³-hybridized carbons (Fsp3) is 0.174. The van der Waals surface area contributed by atoms with Crippen molar-refractivity contribution in [1.29, 1.82) is 0 Å². The van der Waals surface area contributed by atoms with Crippen LogP contribution in [0.1, 0.15) is 16.7 Å². The van der Waals surface area contributed by atoms with Gasteiger partial charge in [-0.25, -0.2) is 4.57 Å². The third kappa shape index (κ3) is 7.85. The summed E-state index contributed by atoms with van der Waals surface area (Å²) >= 11 is 5.39. The summed E-state index contributed by atoms with van der Waals surface area (Å²) in [6.07, 6.45) is 0.0691. The molecule has 0 aliphatic rings. The number of carbonyl (C=O) groups excluding carboxylic acids is 1. The molecule has 0 aliphatic carbocycles. The van der Waals surface area contributed by atoms with E-state index in [1.807, 2.05) is 60.7 Å². The summed E-state index contributed by atoms with van der Waals surface area (Å²) in [5.74, 6) is -0.148. The van der Waals surface area contributed by atoms with Crippen LogP contribution in [0.3, 0.4) is 0 Å². The average molecular weight is 461 g/mol. The van der Waals surface area contributed by atoms with E-state index in [9.17, 15) is 9.36 Å². The van der Waals surface area contributed by atoms with E-state index < -0.39 is 13.8 Å². The fourth-order valence-electron chi connectivity index (χ4n) is 2.62. The molecule has 0 saturated carbocycles. The van der Waals surface area contributed by atoms with E-state index in [2.05, 4.69) is 0 Å². The molecule has 0 N–H and O–H groups in total. The Morgan fingerprint density at radius 3 is 1.74 bits per heavy atom. The first-order chi connectivity index (χ1) is 15.1. The van der Waals surface area contributed by atoms with E-state index >= 15 is 0 Å². The standard InChI is InChI=1S/C23H22ClO6P/c24-18-27-23(25)15-19-11-13-22(14-12-19)30-31(26,28-16-20-7-3-1-4-8-20)29-17-21-9-5-2-6-10-21/h1-14H,15-18H2. The Kier molecular flexibility index (Phi) is 8.68. The number of esters is 1. The number of rotatable bonds is 11. The lowest BCUT2D eigenvalue weighted by Crippen LogP contribution is -2.06. The molecule has 0 aromatic heterocycles. The third-order valence-corrected chi connectivity index (χ3v) is 5.60. The molecule has 3 aromatic carbocycles. The number of hydrogen-bond acceptors (Lipinski definition) is 6. The summed E-state index contributed by atoms with van der Waals surface area (Å²) in [5.41, 5.74) is 2.37. The van der Waals surface area contributed by atoms with Crippen LogP contribution in [0.15, 0.2) is 84.9 Å². The van der Waals surface area contributed by atoms with Crippen LogP contribution in [-0.4, -0.2) is 12.0 Å². The molecule has 0 atom stereocenters. The van der Waals surface area contributed by atoms with Crippen LogP contribution in [0.4, 0.5) is 0 Å². The predicted octanol–water partition coefficient (Wildman–Crippen LogP) is 5.89. The normalized spacial score (nSPS) is 11.1. The first-order valence-electron chi connectivity index (χ1n) is 9.53. The van der Waals surface area contributed by atoms with Crippen molar-refractivity contribution in [1.82, 2.24) is 0 Å². The van der Waals surface area contributed by atoms with Gasteiger partial charge in [0.2, 0.25) is 0 Å². The molecule has 3 aromatic rings. The quantitative estimate of drug-likeness (QED) is 0.202. The Bertz CT molecular complexity index is 948. The third-order valence-electron chi connectivity index (χ3n) is 4.17. The number of phosphoric acid groups is 1. The molecule has 0 unspecified atom stereocenters. The second-order valence-electron chi connectivity index (χ2n) is 6.50. The smallest absolute Gasteiger partial charge is 0.449 e. The number of hydrogen-bond donors (Lipinski definition) is 0. The van der Waals surface area contributed by atoms with Crippen molar-refractivity contribution >= 4 is 25.4 Å². The Balaban J connectivity index is 1.69. The van der Waals surface area contributed by atoms with Crippen LogP contribution in [0.25, 0.3) is 0 Å². The van der Waals surface area contributed by atoms with Gasteiger partial charge in [0.15, 0.2) is 6.07 Å². The van der Waals surface area contributed by atoms with Crippen molar-refractivity contribution in [2.24, 2.45) is 0 Å². The highest BCUT2D eigenvalue weighted by atomic mass is 35.5. The van der Waals surface area contributed by atoms with Crippen molar-refractivity contribution in [3.63, 3.8) is 0 Å². The van der Waals surface area contributed by atoms with Gasteiger partial charge >= 0.3 is 13.8 Å². The summed E-state index contributed by atoms with van der Waals surface area (Å²) < 4.78 is 34.8. The van der Waals surface area contributed by atoms with Crippen LogP contribution in [-0.2, 0) is 42.8 Å². The van der Waals surface area contributed by atoms with E-state index in [1.165, 1.54) is 0 Å². The number of halogens is 1. The topological polar surface area (TPSA) is 71.1 Å². The van der Waals surface area contributed by atoms with Gasteiger partial charge in [-0.1, -0.05) is 84.4 Å². The molecule has 31 heavy (non-hydrogen) atoms. The first-order valence-corrected chi connectivity index (χ1v) is 11.5. The van der Waals surface area contributed by atoms with Crippen molar-refractivity contribution in [2.45, 2.75) is 19.6 Å². The van der Waals surface area contributed by atoms with Crippen LogP contribution in [0, 0.1) is 0 Å². The molecule has 6 nitrogen and oxygen atoms in total. The second-order valence-corrected chi connectivity index (χ2v) is 8.31. The molecule has 0 bridgehead atoms. The van der Waals surface area contributed by atoms with Gasteiger partial charge in [0.25, 0.3) is 0 Å². The number of ether oxygens (including phenoxy) is 1. The van der Waals surface area contributed by atoms with E-state index in [0.717, 1.165) is 11.1 Å². The number of benzene rings is 3. The highest BCUT2D eigenvalue weighted by Gasteiger charge is 2.29. The predicted molar refractivity (Wildman–Crippen MR) is 118 cm³/mol. The van der Waals surface area contributed by atoms with Gasteiger partial charge in [-0.15, -0.1) is 0 Å². The summed E-state index contributed by atoms with van der Waals surface area (Å²) in [6, 6.07) is 25.0. The van der Waals surface area contributed by atoms with Crippen molar-refractivity contribution in [2.75, 3.05) is 6.07 Å². The van der Waals surface area contributed by atoms with Crippen LogP contribution in [0.2, 0.25) is 0 Å². The SMILES string of the molecule is O=C(Cc1ccc(OP(=O)(OCc2ccccc2)OCc2ccccc2)cc1)OCCl. The molecular formula is C23H22ClO6P. The minimum atomic E-state index is -3.93. The Hall–Kier alpha value is -2.63. The van der Waals surface area contributed by atoms with Gasteiger partial charge in [-0.3, -0.25) is 13.8 Å². The summed E-state index contributed by atoms with van der Waals surface area (Å²) in [7, 11) is -3.93. The zero-order valence-corrected chi connectivity index (χ0v) is 18.3. The highest BCUT2D eigenvalue weighted by Crippen LogP contribution is 2.51. The second kappa shape index (κ2) is 11.7. The van der Waals surface area contributed by atoms with Gasteiger partial charge in [0, 0.05) is 0 Å². The molecule has 0 amide bonds. The van der Waals surface area contributed by atoms with Gasteiger partial charge in [0.05, 0.1) is 19.6 Å². The number of alkyl halides is 1. The minimum Gasteiger partial charge on any atom is -0.449 e. The van der Waals surface area contributed by atoms with Gasteiger partial charge < -0.3 is 9.26 Å². The van der Waals surface area contributed by atoms with Crippen molar-refractivity contribution < 1.29 is 27.7 Å². The Labute approximate surface area is 186 Å². The lowest BCUT2D eigenvalue weighted by Gasteiger charge is -2.19. The highest BCUT2D eigenvalue weighted by molar-refractivity contribution is 7.48. The van der Waals surface area contributed by atoms with Crippen LogP contribution < -0.4 is 4.52 Å². The Morgan fingerprint density at radius 2 is 1.26 bits per heavy atom. The zero-order valence-electron chi connectivity index (χ0n) is 16.7. The molecule has 8 heteroatoms. The van der Waals surface area contributed by atoms with Gasteiger partial charge in [-0.2, -0.15) is 0 Å². The maximum Gasteiger partial charge on any atom is 0.530 e. The molecule has 0 spiro atoms. The molecule has 0 aliphatic heterocycles. The molecule has 0 fully saturated rings. The monoisotopic (exact) mass is 460 g/mol. The Morgan fingerprint density at radius 1 is 0.742 bits per heavy atom. The average Bonchev–Trinajstić information content (AvgIpc) is 2.79. The minimum absolute atomic E-state index is 0.0647. The summed E-state index contributed by atoms with van der Waals surface area (Å²) in [5, 5.41) is 0. The van der Waals surface area contributed by atoms with E-state index in [4.69, 9.17) is 29.9 Å². The molecule has 3 rings (SSSR count). The summed E-state index contributed by atoms with van der Waals surface area (Å²) in [6.45, 7) is 0.129. The maximum absolute atomic E-state index is 13.3. The van der Waals surface area contributed by atoms with Crippen molar-refractivity contribution in [3.05, 3.63) is 102 Å². The van der Waals surface area contributed by atoms with Gasteiger partial charge in [0.1, 0.15) is 5.75 Å². The molecule has 0 saturated heterocycles. The molecule has 162 valence electrons. The lowest BCUT2D eigenvalue weighted by atomic mass is 10.1. The molecular weight excluding hydrogens is 439 g/mol. The maximum atomic E-state index is 13.3. The van der Waals surface area contributed by atoms with E-state index in [0.29, 0.717) is 11.3 Å². The number of phosphoric ester groups is 1. The fourth-order valence-corrected chi connectivity index (χ4v) is 3.92. The van der Waals surface area contributed by atoms with Crippen molar-refractivity contribution in [3.8, 4) is 5.75 Å². The van der Waals surface area contributed by atoms with E-state index in [-0.39, 0.29) is 25.7 Å². The largest absolute Gasteiger partial charge is 0.530 e. The first kappa shape index (κ1) is 23.0. The van der Waals surface area contributed by atoms with Gasteiger partial charge in [-0.05, 0) is 28.8 Å².